The maximum absolute atomic E-state index is 12.5. The van der Waals surface area contributed by atoms with Gasteiger partial charge in [0, 0.05) is 37.4 Å². The van der Waals surface area contributed by atoms with E-state index in [1.807, 2.05) is 24.3 Å². The van der Waals surface area contributed by atoms with Gasteiger partial charge in [-0.3, -0.25) is 0 Å². The van der Waals surface area contributed by atoms with Crippen molar-refractivity contribution >= 4 is 18.1 Å². The first-order chi connectivity index (χ1) is 10.7. The summed E-state index contributed by atoms with van der Waals surface area (Å²) in [5.74, 6) is 0.243. The monoisotopic (exact) mass is 340 g/mol. The average Bonchev–Trinajstić information content (AvgIpc) is 2.71. The molecule has 1 aliphatic rings. The predicted molar refractivity (Wildman–Crippen MR) is 89.5 cm³/mol. The minimum atomic E-state index is -2.81. The zero-order chi connectivity index (χ0) is 15.4. The minimum absolute atomic E-state index is 0. The molecule has 3 nitrogen and oxygen atoms in total. The van der Waals surface area contributed by atoms with Gasteiger partial charge in [0.15, 0.2) is 0 Å². The predicted octanol–water partition coefficient (Wildman–Crippen LogP) is 3.82. The largest absolute Gasteiger partial charge is 0.434 e. The van der Waals surface area contributed by atoms with Crippen LogP contribution in [0.4, 0.5) is 14.5 Å². The van der Waals surface area contributed by atoms with E-state index >= 15 is 0 Å². The number of hydrogen-bond donors (Lipinski definition) is 1. The lowest BCUT2D eigenvalue weighted by atomic mass is 10.1. The van der Waals surface area contributed by atoms with Crippen LogP contribution in [-0.2, 0) is 13.1 Å². The van der Waals surface area contributed by atoms with Gasteiger partial charge in [0.1, 0.15) is 5.75 Å². The Morgan fingerprint density at radius 2 is 1.83 bits per heavy atom. The molecule has 2 aromatic rings. The molecule has 0 amide bonds. The summed E-state index contributed by atoms with van der Waals surface area (Å²) in [7, 11) is 0. The molecule has 0 aromatic heterocycles. The van der Waals surface area contributed by atoms with Gasteiger partial charge in [-0.05, 0) is 17.7 Å². The summed E-state index contributed by atoms with van der Waals surface area (Å²) in [5, 5.41) is 3.37. The summed E-state index contributed by atoms with van der Waals surface area (Å²) in [6.07, 6.45) is 0. The molecule has 1 heterocycles. The first kappa shape index (κ1) is 17.5. The normalized spacial score (nSPS) is 14.0. The van der Waals surface area contributed by atoms with E-state index in [9.17, 15) is 8.78 Å². The number of para-hydroxylation sites is 2. The summed E-state index contributed by atoms with van der Waals surface area (Å²) >= 11 is 0. The number of halogens is 3. The fourth-order valence-corrected chi connectivity index (χ4v) is 2.74. The molecule has 0 aliphatic carbocycles. The molecule has 0 atom stereocenters. The highest BCUT2D eigenvalue weighted by Crippen LogP contribution is 2.27. The van der Waals surface area contributed by atoms with Crippen molar-refractivity contribution in [2.75, 3.05) is 18.0 Å². The zero-order valence-corrected chi connectivity index (χ0v) is 13.4. The van der Waals surface area contributed by atoms with Gasteiger partial charge in [-0.25, -0.2) is 0 Å². The van der Waals surface area contributed by atoms with Crippen LogP contribution in [0.25, 0.3) is 0 Å². The second-order valence-corrected chi connectivity index (χ2v) is 5.21. The third-order valence-electron chi connectivity index (χ3n) is 3.76. The van der Waals surface area contributed by atoms with E-state index in [-0.39, 0.29) is 18.2 Å². The Hall–Kier alpha value is -1.85. The van der Waals surface area contributed by atoms with Crippen LogP contribution in [0.5, 0.6) is 5.75 Å². The van der Waals surface area contributed by atoms with Gasteiger partial charge in [0.2, 0.25) is 0 Å². The van der Waals surface area contributed by atoms with E-state index in [4.69, 9.17) is 0 Å². The maximum Gasteiger partial charge on any atom is 0.387 e. The fourth-order valence-electron chi connectivity index (χ4n) is 2.74. The highest BCUT2D eigenvalue weighted by atomic mass is 35.5. The van der Waals surface area contributed by atoms with Crippen molar-refractivity contribution in [2.24, 2.45) is 0 Å². The molecular weight excluding hydrogens is 322 g/mol. The van der Waals surface area contributed by atoms with Crippen LogP contribution in [0.3, 0.4) is 0 Å². The summed E-state index contributed by atoms with van der Waals surface area (Å²) in [5.41, 5.74) is 3.12. The van der Waals surface area contributed by atoms with Crippen LogP contribution in [0.2, 0.25) is 0 Å². The van der Waals surface area contributed by atoms with Crippen LogP contribution < -0.4 is 15.0 Å². The van der Waals surface area contributed by atoms with Crippen LogP contribution in [0, 0.1) is 0 Å². The molecule has 1 aliphatic heterocycles. The number of hydrogen-bond acceptors (Lipinski definition) is 3. The molecule has 0 radical (unpaired) electrons. The van der Waals surface area contributed by atoms with E-state index in [1.54, 1.807) is 12.1 Å². The summed E-state index contributed by atoms with van der Waals surface area (Å²) in [6.45, 7) is 0.231. The lowest BCUT2D eigenvalue weighted by Gasteiger charge is -2.25. The molecule has 0 spiro atoms. The number of alkyl halides is 2. The Balaban J connectivity index is 0.00000192. The fraction of sp³-hybridized carbons (Fsp3) is 0.294. The quantitative estimate of drug-likeness (QED) is 0.915. The minimum Gasteiger partial charge on any atom is -0.434 e. The van der Waals surface area contributed by atoms with Crippen LogP contribution >= 0.6 is 12.4 Å². The smallest absolute Gasteiger partial charge is 0.387 e. The van der Waals surface area contributed by atoms with Crippen LogP contribution in [0.1, 0.15) is 11.1 Å². The molecular formula is C17H19ClF2N2O. The van der Waals surface area contributed by atoms with Crippen molar-refractivity contribution < 1.29 is 13.5 Å². The molecule has 0 saturated heterocycles. The van der Waals surface area contributed by atoms with Gasteiger partial charge >= 0.3 is 6.61 Å². The Morgan fingerprint density at radius 1 is 1.09 bits per heavy atom. The molecule has 124 valence electrons. The van der Waals surface area contributed by atoms with Crippen LogP contribution in [0.15, 0.2) is 48.5 Å². The standard InChI is InChI=1S/C17H18F2N2O.ClH/c18-17(19)22-16-8-4-2-6-14(16)12-21-10-9-20-11-13-5-1-3-7-15(13)21;/h1-8,17,20H,9-12H2;1H. The number of rotatable bonds is 4. The van der Waals surface area contributed by atoms with E-state index in [0.29, 0.717) is 6.54 Å². The van der Waals surface area contributed by atoms with Gasteiger partial charge in [0.05, 0.1) is 0 Å². The number of nitrogens with one attached hydrogen (secondary N) is 1. The van der Waals surface area contributed by atoms with Gasteiger partial charge in [-0.1, -0.05) is 36.4 Å². The van der Waals surface area contributed by atoms with Gasteiger partial charge < -0.3 is 15.0 Å². The molecule has 6 heteroatoms. The molecule has 23 heavy (non-hydrogen) atoms. The Bertz CT molecular complexity index is 639. The third kappa shape index (κ3) is 4.33. The Labute approximate surface area is 140 Å². The van der Waals surface area contributed by atoms with Crippen molar-refractivity contribution in [3.05, 3.63) is 59.7 Å². The second-order valence-electron chi connectivity index (χ2n) is 5.21. The van der Waals surface area contributed by atoms with Crippen LogP contribution in [-0.4, -0.2) is 19.7 Å². The number of benzene rings is 2. The SMILES string of the molecule is Cl.FC(F)Oc1ccccc1CN1CCNCc2ccccc21. The van der Waals surface area contributed by atoms with Gasteiger partial charge in [0.25, 0.3) is 0 Å². The molecule has 0 bridgehead atoms. The highest BCUT2D eigenvalue weighted by Gasteiger charge is 2.17. The molecule has 2 aromatic carbocycles. The summed E-state index contributed by atoms with van der Waals surface area (Å²) in [4.78, 5) is 2.20. The second kappa shape index (κ2) is 8.13. The molecule has 3 rings (SSSR count). The van der Waals surface area contributed by atoms with Crippen molar-refractivity contribution in [3.8, 4) is 5.75 Å². The van der Waals surface area contributed by atoms with E-state index in [1.165, 1.54) is 5.56 Å². The highest BCUT2D eigenvalue weighted by molar-refractivity contribution is 5.85. The van der Waals surface area contributed by atoms with Gasteiger partial charge in [-0.2, -0.15) is 8.78 Å². The number of nitrogens with zero attached hydrogens (tertiary/aromatic N) is 1. The first-order valence-electron chi connectivity index (χ1n) is 7.30. The first-order valence-corrected chi connectivity index (χ1v) is 7.30. The number of fused-ring (bicyclic) bond motifs is 1. The third-order valence-corrected chi connectivity index (χ3v) is 3.76. The molecule has 0 unspecified atom stereocenters. The summed E-state index contributed by atoms with van der Waals surface area (Å²) < 4.78 is 29.7. The average molecular weight is 341 g/mol. The van der Waals surface area contributed by atoms with E-state index in [2.05, 4.69) is 27.1 Å². The number of ether oxygens (including phenoxy) is 1. The lowest BCUT2D eigenvalue weighted by Crippen LogP contribution is -2.28. The summed E-state index contributed by atoms with van der Waals surface area (Å²) in [6, 6.07) is 15.1. The maximum atomic E-state index is 12.5. The molecule has 0 saturated carbocycles. The van der Waals surface area contributed by atoms with Crippen molar-refractivity contribution in [1.29, 1.82) is 0 Å². The van der Waals surface area contributed by atoms with Crippen molar-refractivity contribution in [2.45, 2.75) is 19.7 Å². The van der Waals surface area contributed by atoms with Gasteiger partial charge in [-0.15, -0.1) is 12.4 Å². The Kier molecular flexibility index (Phi) is 6.19. The van der Waals surface area contributed by atoms with Crippen molar-refractivity contribution in [1.82, 2.24) is 5.32 Å². The molecule has 0 fully saturated rings. The lowest BCUT2D eigenvalue weighted by molar-refractivity contribution is -0.0504. The van der Waals surface area contributed by atoms with Crippen molar-refractivity contribution in [3.63, 3.8) is 0 Å². The van der Waals surface area contributed by atoms with E-state index in [0.717, 1.165) is 30.9 Å². The topological polar surface area (TPSA) is 24.5 Å². The zero-order valence-electron chi connectivity index (χ0n) is 12.5. The Morgan fingerprint density at radius 3 is 2.65 bits per heavy atom. The number of anilines is 1. The van der Waals surface area contributed by atoms with E-state index < -0.39 is 6.61 Å². The molecule has 1 N–H and O–H groups in total.